The van der Waals surface area contributed by atoms with Gasteiger partial charge in [0.15, 0.2) is 6.10 Å². The molecule has 2 aliphatic rings. The molecule has 0 spiro atoms. The number of nitrogens with zero attached hydrogens (tertiary/aromatic N) is 2. The molecule has 2 aliphatic heterocycles. The number of carbonyl (C=O) groups is 1. The van der Waals surface area contributed by atoms with Crippen molar-refractivity contribution in [2.24, 2.45) is 0 Å². The molecule has 1 saturated heterocycles. The number of hydrogen-bond acceptors (Lipinski definition) is 7. The van der Waals surface area contributed by atoms with Gasteiger partial charge >= 0.3 is 11.6 Å². The molecule has 4 rings (SSSR count). The van der Waals surface area contributed by atoms with Crippen molar-refractivity contribution in [3.63, 3.8) is 0 Å². The van der Waals surface area contributed by atoms with Crippen LogP contribution in [0.1, 0.15) is 36.0 Å². The standard InChI is InChI=1S/C20H21F2N3O6/c1-19(2)8-11-4-3-10(7-12(11)31-19)16(28)23-14-5-6-25(18(29)24-14)17-20(21,22)15(27)13(9-26)30-17/h3-7,13,15,17,26-27H,8-9H2,1-2H3,(H,23,24,28,29)/t13-,15?,17-/m1/s1. The number of hydrogen-bond donors (Lipinski definition) is 3. The summed E-state index contributed by atoms with van der Waals surface area (Å²) >= 11 is 0. The molecule has 0 bridgehead atoms. The Morgan fingerprint density at radius 3 is 2.74 bits per heavy atom. The van der Waals surface area contributed by atoms with Crippen LogP contribution in [0.15, 0.2) is 35.3 Å². The normalized spacial score (nSPS) is 25.7. The summed E-state index contributed by atoms with van der Waals surface area (Å²) in [7, 11) is 0. The number of rotatable bonds is 4. The van der Waals surface area contributed by atoms with Crippen molar-refractivity contribution in [2.75, 3.05) is 11.9 Å². The summed E-state index contributed by atoms with van der Waals surface area (Å²) in [4.78, 5) is 28.4. The summed E-state index contributed by atoms with van der Waals surface area (Å²) in [5.41, 5.74) is -0.228. The lowest BCUT2D eigenvalue weighted by atomic mass is 10.0. The maximum atomic E-state index is 14.2. The average molecular weight is 437 g/mol. The minimum Gasteiger partial charge on any atom is -0.487 e. The SMILES string of the molecule is CC1(C)Cc2ccc(C(=O)Nc3ccn([C@@H]4O[C@H](CO)C(O)C4(F)F)c(=O)n3)cc2O1. The van der Waals surface area contributed by atoms with E-state index in [1.165, 1.54) is 0 Å². The molecule has 9 nitrogen and oxygen atoms in total. The number of alkyl halides is 2. The average Bonchev–Trinajstić information content (AvgIpc) is 3.13. The summed E-state index contributed by atoms with van der Waals surface area (Å²) in [6, 6.07) is 6.14. The smallest absolute Gasteiger partial charge is 0.351 e. The van der Waals surface area contributed by atoms with Gasteiger partial charge in [-0.1, -0.05) is 6.07 Å². The van der Waals surface area contributed by atoms with Crippen LogP contribution in [-0.4, -0.2) is 56.0 Å². The van der Waals surface area contributed by atoms with E-state index >= 15 is 0 Å². The lowest BCUT2D eigenvalue weighted by Gasteiger charge is -2.21. The lowest BCUT2D eigenvalue weighted by Crippen LogP contribution is -2.41. The number of halogens is 2. The van der Waals surface area contributed by atoms with Gasteiger partial charge in [-0.3, -0.25) is 9.36 Å². The van der Waals surface area contributed by atoms with Crippen molar-refractivity contribution in [1.82, 2.24) is 9.55 Å². The number of ether oxygens (including phenoxy) is 2. The molecule has 31 heavy (non-hydrogen) atoms. The third kappa shape index (κ3) is 3.80. The third-order valence-electron chi connectivity index (χ3n) is 5.22. The number of aliphatic hydroxyl groups is 2. The Hall–Kier alpha value is -2.89. The van der Waals surface area contributed by atoms with Gasteiger partial charge < -0.3 is 25.0 Å². The number of nitrogens with one attached hydrogen (secondary N) is 1. The first-order valence-corrected chi connectivity index (χ1v) is 9.56. The Morgan fingerprint density at radius 1 is 1.35 bits per heavy atom. The van der Waals surface area contributed by atoms with Gasteiger partial charge in [0.1, 0.15) is 23.3 Å². The molecule has 1 fully saturated rings. The van der Waals surface area contributed by atoms with Gasteiger partial charge in [0.05, 0.1) is 6.61 Å². The lowest BCUT2D eigenvalue weighted by molar-refractivity contribution is -0.140. The Bertz CT molecular complexity index is 1090. The van der Waals surface area contributed by atoms with E-state index < -0.39 is 42.6 Å². The number of benzene rings is 1. The van der Waals surface area contributed by atoms with Gasteiger partial charge in [0.25, 0.3) is 5.91 Å². The van der Waals surface area contributed by atoms with Crippen LogP contribution >= 0.6 is 0 Å². The second-order valence-corrected chi connectivity index (χ2v) is 8.15. The van der Waals surface area contributed by atoms with E-state index in [0.29, 0.717) is 16.7 Å². The molecule has 1 aromatic heterocycles. The maximum absolute atomic E-state index is 14.2. The molecule has 1 amide bonds. The molecular formula is C20H21F2N3O6. The molecule has 2 aromatic rings. The van der Waals surface area contributed by atoms with Gasteiger partial charge in [-0.05, 0) is 37.6 Å². The third-order valence-corrected chi connectivity index (χ3v) is 5.22. The monoisotopic (exact) mass is 437 g/mol. The predicted molar refractivity (Wildman–Crippen MR) is 103 cm³/mol. The number of fused-ring (bicyclic) bond motifs is 1. The van der Waals surface area contributed by atoms with E-state index in [1.807, 2.05) is 13.8 Å². The van der Waals surface area contributed by atoms with E-state index in [0.717, 1.165) is 17.8 Å². The zero-order valence-corrected chi connectivity index (χ0v) is 16.7. The first-order valence-electron chi connectivity index (χ1n) is 9.56. The maximum Gasteiger partial charge on any atom is 0.351 e. The van der Waals surface area contributed by atoms with Gasteiger partial charge in [-0.2, -0.15) is 13.8 Å². The van der Waals surface area contributed by atoms with Gasteiger partial charge in [-0.15, -0.1) is 0 Å². The molecule has 3 atom stereocenters. The molecule has 1 aromatic carbocycles. The molecule has 0 radical (unpaired) electrons. The fourth-order valence-corrected chi connectivity index (χ4v) is 3.70. The van der Waals surface area contributed by atoms with Crippen LogP contribution in [0.5, 0.6) is 5.75 Å². The summed E-state index contributed by atoms with van der Waals surface area (Å²) < 4.78 is 39.7. The number of aliphatic hydroxyl groups excluding tert-OH is 2. The van der Waals surface area contributed by atoms with E-state index in [4.69, 9.17) is 14.6 Å². The van der Waals surface area contributed by atoms with Gasteiger partial charge in [0.2, 0.25) is 6.23 Å². The van der Waals surface area contributed by atoms with Crippen molar-refractivity contribution < 1.29 is 33.3 Å². The Kier molecular flexibility index (Phi) is 5.07. The zero-order chi connectivity index (χ0) is 22.6. The van der Waals surface area contributed by atoms with Crippen LogP contribution in [0, 0.1) is 0 Å². The number of anilines is 1. The van der Waals surface area contributed by atoms with Crippen LogP contribution in [-0.2, 0) is 11.2 Å². The Balaban J connectivity index is 1.52. The topological polar surface area (TPSA) is 123 Å². The second kappa shape index (κ2) is 7.36. The van der Waals surface area contributed by atoms with Gasteiger partial charge in [0, 0.05) is 18.2 Å². The molecule has 3 N–H and O–H groups in total. The van der Waals surface area contributed by atoms with Crippen LogP contribution < -0.4 is 15.7 Å². The van der Waals surface area contributed by atoms with Crippen molar-refractivity contribution in [3.8, 4) is 5.75 Å². The Labute approximate surface area is 175 Å². The Morgan fingerprint density at radius 2 is 2.10 bits per heavy atom. The molecule has 1 unspecified atom stereocenters. The predicted octanol–water partition coefficient (Wildman–Crippen LogP) is 1.09. The van der Waals surface area contributed by atoms with E-state index in [-0.39, 0.29) is 17.0 Å². The summed E-state index contributed by atoms with van der Waals surface area (Å²) in [6.45, 7) is 3.03. The van der Waals surface area contributed by atoms with Crippen molar-refractivity contribution in [2.45, 2.75) is 50.2 Å². The summed E-state index contributed by atoms with van der Waals surface area (Å²) in [6.07, 6.45) is -4.27. The fraction of sp³-hybridized carbons (Fsp3) is 0.450. The quantitative estimate of drug-likeness (QED) is 0.655. The molecule has 0 saturated carbocycles. The summed E-state index contributed by atoms with van der Waals surface area (Å²) in [5, 5.41) is 21.1. The largest absolute Gasteiger partial charge is 0.487 e. The second-order valence-electron chi connectivity index (χ2n) is 8.15. The van der Waals surface area contributed by atoms with Crippen LogP contribution in [0.3, 0.4) is 0 Å². The molecule has 0 aliphatic carbocycles. The zero-order valence-electron chi connectivity index (χ0n) is 16.7. The molecule has 3 heterocycles. The number of aromatic nitrogens is 2. The van der Waals surface area contributed by atoms with Crippen molar-refractivity contribution >= 4 is 11.7 Å². The van der Waals surface area contributed by atoms with Crippen molar-refractivity contribution in [1.29, 1.82) is 0 Å². The van der Waals surface area contributed by atoms with Gasteiger partial charge in [-0.25, -0.2) is 4.79 Å². The first-order chi connectivity index (χ1) is 14.5. The minimum absolute atomic E-state index is 0.145. The molecule has 11 heteroatoms. The highest BCUT2D eigenvalue weighted by Gasteiger charge is 2.59. The first kappa shape index (κ1) is 21.3. The molecular weight excluding hydrogens is 416 g/mol. The highest BCUT2D eigenvalue weighted by molar-refractivity contribution is 6.04. The van der Waals surface area contributed by atoms with Crippen LogP contribution in [0.4, 0.5) is 14.6 Å². The minimum atomic E-state index is -3.82. The highest BCUT2D eigenvalue weighted by atomic mass is 19.3. The number of amides is 1. The summed E-state index contributed by atoms with van der Waals surface area (Å²) in [5.74, 6) is -3.92. The van der Waals surface area contributed by atoms with Crippen molar-refractivity contribution in [3.05, 3.63) is 52.1 Å². The fourth-order valence-electron chi connectivity index (χ4n) is 3.70. The number of carbonyl (C=O) groups excluding carboxylic acids is 1. The van der Waals surface area contributed by atoms with Crippen LogP contribution in [0.2, 0.25) is 0 Å². The highest BCUT2D eigenvalue weighted by Crippen LogP contribution is 2.42. The molecule has 166 valence electrons. The van der Waals surface area contributed by atoms with E-state index in [9.17, 15) is 23.5 Å². The van der Waals surface area contributed by atoms with E-state index in [1.54, 1.807) is 18.2 Å². The van der Waals surface area contributed by atoms with Crippen LogP contribution in [0.25, 0.3) is 0 Å². The van der Waals surface area contributed by atoms with E-state index in [2.05, 4.69) is 10.3 Å².